The molecule has 2 nitrogen and oxygen atoms in total. The molecule has 9 heavy (non-hydrogen) atoms. The molecule has 0 fully saturated rings. The van der Waals surface area contributed by atoms with Gasteiger partial charge in [-0.2, -0.15) is 0 Å². The summed E-state index contributed by atoms with van der Waals surface area (Å²) in [4.78, 5) is 5.51. The standard InChI is InChI=1S/C4H4N2S2.Cs.H/c7-3-1-2-5-4(8)6-3;;/h1-2H,(H2,5,6,7,8);;/q;+1;-1. The van der Waals surface area contributed by atoms with Gasteiger partial charge in [-0.15, -0.1) is 0 Å². The van der Waals surface area contributed by atoms with Crippen molar-refractivity contribution in [1.29, 1.82) is 0 Å². The molecule has 0 aliphatic rings. The summed E-state index contributed by atoms with van der Waals surface area (Å²) in [7, 11) is 0. The van der Waals surface area contributed by atoms with Crippen LogP contribution in [-0.4, -0.2) is 9.97 Å². The third-order valence-electron chi connectivity index (χ3n) is 0.686. The van der Waals surface area contributed by atoms with Crippen molar-refractivity contribution in [3.8, 4) is 0 Å². The van der Waals surface area contributed by atoms with E-state index in [9.17, 15) is 0 Å². The quantitative estimate of drug-likeness (QED) is 0.592. The Morgan fingerprint density at radius 3 is 2.44 bits per heavy atom. The van der Waals surface area contributed by atoms with Crippen LogP contribution < -0.4 is 68.9 Å². The van der Waals surface area contributed by atoms with E-state index >= 15 is 0 Å². The summed E-state index contributed by atoms with van der Waals surface area (Å²) in [6.45, 7) is 0. The number of aromatic nitrogens is 2. The van der Waals surface area contributed by atoms with Crippen LogP contribution in [0.4, 0.5) is 0 Å². The van der Waals surface area contributed by atoms with Crippen molar-refractivity contribution in [2.24, 2.45) is 0 Å². The second-order valence-corrected chi connectivity index (χ2v) is 2.14. The zero-order valence-electron chi connectivity index (χ0n) is 5.97. The fraction of sp³-hybridized carbons (Fsp3) is 0. The molecule has 0 amide bonds. The third kappa shape index (κ3) is 4.10. The van der Waals surface area contributed by atoms with E-state index in [2.05, 4.69) is 9.97 Å². The van der Waals surface area contributed by atoms with E-state index < -0.39 is 0 Å². The zero-order valence-corrected chi connectivity index (χ0v) is 12.9. The summed E-state index contributed by atoms with van der Waals surface area (Å²) in [5.74, 6) is 0. The molecule has 0 radical (unpaired) electrons. The predicted octanol–water partition coefficient (Wildman–Crippen LogP) is -1.08. The first-order valence-corrected chi connectivity index (χ1v) is 2.89. The van der Waals surface area contributed by atoms with Crippen molar-refractivity contribution < 1.29 is 70.3 Å². The maximum absolute atomic E-state index is 4.76. The van der Waals surface area contributed by atoms with E-state index in [0.717, 1.165) is 0 Å². The number of hydrogen-bond donors (Lipinski definition) is 2. The van der Waals surface area contributed by atoms with E-state index in [1.54, 1.807) is 12.3 Å². The minimum absolute atomic E-state index is 0. The monoisotopic (exact) mass is 278 g/mol. The predicted molar refractivity (Wildman–Crippen MR) is 37.9 cm³/mol. The van der Waals surface area contributed by atoms with E-state index in [1.807, 2.05) is 0 Å². The molecule has 44 valence electrons. The first-order chi connectivity index (χ1) is 3.79. The average Bonchev–Trinajstić information content (AvgIpc) is 1.64. The van der Waals surface area contributed by atoms with E-state index in [4.69, 9.17) is 24.4 Å². The van der Waals surface area contributed by atoms with Gasteiger partial charge in [0.05, 0.1) is 0 Å². The van der Waals surface area contributed by atoms with E-state index in [-0.39, 0.29) is 70.3 Å². The molecule has 1 aromatic heterocycles. The SMILES string of the molecule is S=c1cc[nH]c(=S)[nH]1.[Cs+].[H-]. The second kappa shape index (κ2) is 5.25. The smallest absolute Gasteiger partial charge is 1.00 e. The first-order valence-electron chi connectivity index (χ1n) is 2.07. The van der Waals surface area contributed by atoms with Gasteiger partial charge in [-0.05, 0) is 18.3 Å². The van der Waals surface area contributed by atoms with Crippen LogP contribution in [-0.2, 0) is 0 Å². The molecule has 1 rings (SSSR count). The summed E-state index contributed by atoms with van der Waals surface area (Å²) in [5.41, 5.74) is 0. The number of aromatic amines is 2. The Labute approximate surface area is 123 Å². The maximum atomic E-state index is 4.76. The summed E-state index contributed by atoms with van der Waals surface area (Å²) in [6.07, 6.45) is 1.71. The molecule has 0 spiro atoms. The van der Waals surface area contributed by atoms with Crippen molar-refractivity contribution >= 4 is 24.4 Å². The first kappa shape index (κ1) is 10.6. The Hall–Kier alpha value is 1.57. The van der Waals surface area contributed by atoms with Crippen molar-refractivity contribution in [3.05, 3.63) is 21.7 Å². The summed E-state index contributed by atoms with van der Waals surface area (Å²) >= 11 is 9.48. The molecule has 0 aliphatic carbocycles. The van der Waals surface area contributed by atoms with Gasteiger partial charge in [0.15, 0.2) is 4.77 Å². The molecule has 0 aliphatic heterocycles. The minimum atomic E-state index is 0. The average molecular weight is 278 g/mol. The van der Waals surface area contributed by atoms with Crippen LogP contribution in [0.1, 0.15) is 1.43 Å². The van der Waals surface area contributed by atoms with Gasteiger partial charge in [0, 0.05) is 6.20 Å². The Morgan fingerprint density at radius 1 is 1.44 bits per heavy atom. The Morgan fingerprint density at radius 2 is 2.11 bits per heavy atom. The van der Waals surface area contributed by atoms with Gasteiger partial charge >= 0.3 is 68.9 Å². The molecule has 0 unspecified atom stereocenters. The molecule has 0 bridgehead atoms. The summed E-state index contributed by atoms with van der Waals surface area (Å²) in [5, 5.41) is 0. The minimum Gasteiger partial charge on any atom is -1.00 e. The summed E-state index contributed by atoms with van der Waals surface area (Å²) in [6, 6.07) is 1.74. The van der Waals surface area contributed by atoms with Gasteiger partial charge in [0.25, 0.3) is 0 Å². The number of nitrogens with one attached hydrogen (secondary N) is 2. The van der Waals surface area contributed by atoms with Crippen molar-refractivity contribution in [2.75, 3.05) is 0 Å². The topological polar surface area (TPSA) is 31.6 Å². The van der Waals surface area contributed by atoms with Crippen LogP contribution in [0, 0.1) is 9.41 Å². The van der Waals surface area contributed by atoms with Gasteiger partial charge < -0.3 is 11.4 Å². The molecule has 0 saturated heterocycles. The molecular formula is C4H5CsN2S2. The van der Waals surface area contributed by atoms with E-state index in [1.165, 1.54) is 0 Å². The molecule has 1 heterocycles. The van der Waals surface area contributed by atoms with Crippen molar-refractivity contribution in [1.82, 2.24) is 9.97 Å². The van der Waals surface area contributed by atoms with Crippen LogP contribution in [0.5, 0.6) is 0 Å². The van der Waals surface area contributed by atoms with Gasteiger partial charge in [-0.1, -0.05) is 12.2 Å². The van der Waals surface area contributed by atoms with Crippen molar-refractivity contribution in [3.63, 3.8) is 0 Å². The third-order valence-corrected chi connectivity index (χ3v) is 1.14. The van der Waals surface area contributed by atoms with Crippen LogP contribution in [0.15, 0.2) is 12.3 Å². The largest absolute Gasteiger partial charge is 1.00 e. The molecular weight excluding hydrogens is 273 g/mol. The normalized spacial score (nSPS) is 8.00. The molecule has 0 aromatic carbocycles. The Kier molecular flexibility index (Phi) is 6.17. The van der Waals surface area contributed by atoms with Crippen LogP contribution in [0.25, 0.3) is 0 Å². The zero-order chi connectivity index (χ0) is 5.98. The molecule has 1 aromatic rings. The van der Waals surface area contributed by atoms with Crippen molar-refractivity contribution in [2.45, 2.75) is 0 Å². The number of hydrogen-bond acceptors (Lipinski definition) is 2. The van der Waals surface area contributed by atoms with E-state index in [0.29, 0.717) is 9.41 Å². The molecule has 0 saturated carbocycles. The Balaban J connectivity index is 0. The molecule has 0 atom stereocenters. The second-order valence-electron chi connectivity index (χ2n) is 1.30. The fourth-order valence-corrected chi connectivity index (χ4v) is 0.795. The van der Waals surface area contributed by atoms with Crippen LogP contribution in [0.2, 0.25) is 0 Å². The van der Waals surface area contributed by atoms with Gasteiger partial charge in [-0.25, -0.2) is 0 Å². The summed E-state index contributed by atoms with van der Waals surface area (Å²) < 4.78 is 1.23. The fourth-order valence-electron chi connectivity index (χ4n) is 0.383. The molecule has 2 N–H and O–H groups in total. The van der Waals surface area contributed by atoms with Crippen LogP contribution >= 0.6 is 24.4 Å². The molecule has 5 heteroatoms. The van der Waals surface area contributed by atoms with Gasteiger partial charge in [0.2, 0.25) is 0 Å². The number of H-pyrrole nitrogens is 2. The number of rotatable bonds is 0. The van der Waals surface area contributed by atoms with Crippen LogP contribution in [0.3, 0.4) is 0 Å². The van der Waals surface area contributed by atoms with Gasteiger partial charge in [-0.3, -0.25) is 0 Å². The maximum Gasteiger partial charge on any atom is 1.00 e. The van der Waals surface area contributed by atoms with Gasteiger partial charge in [0.1, 0.15) is 4.64 Å². The Bertz CT molecular complexity index is 256.